The highest BCUT2D eigenvalue weighted by Crippen LogP contribution is 2.54. The van der Waals surface area contributed by atoms with Gasteiger partial charge in [-0.25, -0.2) is 0 Å². The van der Waals surface area contributed by atoms with Gasteiger partial charge in [0.05, 0.1) is 22.1 Å². The summed E-state index contributed by atoms with van der Waals surface area (Å²) in [7, 11) is 4.26. The average Bonchev–Trinajstić information content (AvgIpc) is 3.01. The summed E-state index contributed by atoms with van der Waals surface area (Å²) in [4.78, 5) is 6.61. The second kappa shape index (κ2) is 6.43. The van der Waals surface area contributed by atoms with Crippen LogP contribution in [0.25, 0.3) is 0 Å². The highest BCUT2D eigenvalue weighted by atomic mass is 32.1. The molecule has 4 rings (SSSR count). The van der Waals surface area contributed by atoms with Crippen molar-refractivity contribution in [2.75, 3.05) is 14.1 Å². The van der Waals surface area contributed by atoms with Crippen molar-refractivity contribution in [2.45, 2.75) is 25.9 Å². The van der Waals surface area contributed by atoms with Crippen LogP contribution in [-0.4, -0.2) is 33.9 Å². The monoisotopic (exact) mass is 380 g/mol. The first-order chi connectivity index (χ1) is 12.4. The van der Waals surface area contributed by atoms with Gasteiger partial charge in [0.1, 0.15) is 0 Å². The average molecular weight is 381 g/mol. The molecule has 0 aromatic heterocycles. The van der Waals surface area contributed by atoms with Crippen molar-refractivity contribution in [3.63, 3.8) is 0 Å². The van der Waals surface area contributed by atoms with Crippen LogP contribution in [0.4, 0.5) is 0 Å². The number of hydrogen-bond acceptors (Lipinski definition) is 2. The Balaban J connectivity index is 1.81. The van der Waals surface area contributed by atoms with Gasteiger partial charge in [-0.3, -0.25) is 0 Å². The molecule has 2 aliphatic rings. The molecular weight excluding hydrogens is 356 g/mol. The highest BCUT2D eigenvalue weighted by molar-refractivity contribution is 7.81. The molecule has 0 spiro atoms. The zero-order valence-electron chi connectivity index (χ0n) is 15.6. The third kappa shape index (κ3) is 2.58. The molecule has 26 heavy (non-hydrogen) atoms. The van der Waals surface area contributed by atoms with Crippen molar-refractivity contribution in [1.29, 1.82) is 0 Å². The van der Waals surface area contributed by atoms with Gasteiger partial charge in [-0.05, 0) is 25.0 Å². The summed E-state index contributed by atoms with van der Waals surface area (Å²) < 4.78 is 0. The number of likely N-dealkylation sites (tertiary alicyclic amines) is 2. The van der Waals surface area contributed by atoms with Gasteiger partial charge in [0, 0.05) is 25.9 Å². The normalized spacial score (nSPS) is 28.0. The fraction of sp³-hybridized carbons (Fsp3) is 0.364. The Morgan fingerprint density at radius 2 is 1.08 bits per heavy atom. The molecule has 2 nitrogen and oxygen atoms in total. The molecule has 134 valence electrons. The van der Waals surface area contributed by atoms with Crippen LogP contribution in [-0.2, 0) is 0 Å². The summed E-state index contributed by atoms with van der Waals surface area (Å²) >= 11 is 11.9. The van der Waals surface area contributed by atoms with E-state index in [0.717, 1.165) is 9.98 Å². The van der Waals surface area contributed by atoms with Crippen molar-refractivity contribution < 1.29 is 0 Å². The molecule has 4 heteroatoms. The summed E-state index contributed by atoms with van der Waals surface area (Å²) in [6.45, 7) is 4.28. The van der Waals surface area contributed by atoms with Crippen LogP contribution in [0.5, 0.6) is 0 Å². The van der Waals surface area contributed by atoms with Crippen LogP contribution < -0.4 is 0 Å². The van der Waals surface area contributed by atoms with Crippen molar-refractivity contribution in [1.82, 2.24) is 9.80 Å². The lowest BCUT2D eigenvalue weighted by Crippen LogP contribution is -2.33. The summed E-state index contributed by atoms with van der Waals surface area (Å²) in [5, 5.41) is 0. The fourth-order valence-electron chi connectivity index (χ4n) is 4.77. The predicted molar refractivity (Wildman–Crippen MR) is 116 cm³/mol. The van der Waals surface area contributed by atoms with E-state index in [4.69, 9.17) is 24.4 Å². The van der Waals surface area contributed by atoms with Crippen LogP contribution in [0, 0.1) is 25.7 Å². The topological polar surface area (TPSA) is 6.48 Å². The molecule has 2 aliphatic heterocycles. The van der Waals surface area contributed by atoms with Gasteiger partial charge in [-0.2, -0.15) is 0 Å². The van der Waals surface area contributed by atoms with Crippen LogP contribution in [0.3, 0.4) is 0 Å². The molecule has 0 amide bonds. The van der Waals surface area contributed by atoms with Crippen molar-refractivity contribution in [3.8, 4) is 0 Å². The molecule has 0 bridgehead atoms. The minimum Gasteiger partial charge on any atom is -0.361 e. The molecule has 0 radical (unpaired) electrons. The van der Waals surface area contributed by atoms with Crippen LogP contribution in [0.2, 0.25) is 0 Å². The first kappa shape index (κ1) is 17.6. The first-order valence-electron chi connectivity index (χ1n) is 9.06. The van der Waals surface area contributed by atoms with E-state index in [-0.39, 0.29) is 23.9 Å². The standard InChI is InChI=1S/C22H24N2S2/c1-13-7-5-9-15(11-13)19-17-18(22(26)23(19)3)20(24(4)21(17)25)16-10-6-8-14(2)12-16/h5-12,17-20H,1-4H3. The predicted octanol–water partition coefficient (Wildman–Crippen LogP) is 4.86. The molecule has 4 unspecified atom stereocenters. The summed E-state index contributed by atoms with van der Waals surface area (Å²) in [6.07, 6.45) is 0. The maximum Gasteiger partial charge on any atom is 0.0845 e. The van der Waals surface area contributed by atoms with E-state index >= 15 is 0 Å². The molecular formula is C22H24N2S2. The van der Waals surface area contributed by atoms with E-state index in [9.17, 15) is 0 Å². The van der Waals surface area contributed by atoms with E-state index in [1.165, 1.54) is 22.3 Å². The third-order valence-electron chi connectivity index (χ3n) is 5.93. The SMILES string of the molecule is Cc1cccc(C2C3C(=S)N(C)C(c4cccc(C)c4)C3C(=S)N2C)c1. The van der Waals surface area contributed by atoms with E-state index in [0.29, 0.717) is 0 Å². The van der Waals surface area contributed by atoms with Gasteiger partial charge < -0.3 is 9.80 Å². The fourth-order valence-corrected chi connectivity index (χ4v) is 5.54. The molecule has 0 aliphatic carbocycles. The van der Waals surface area contributed by atoms with Gasteiger partial charge in [-0.15, -0.1) is 0 Å². The van der Waals surface area contributed by atoms with Gasteiger partial charge in [-0.1, -0.05) is 84.1 Å². The number of nitrogens with zero attached hydrogens (tertiary/aromatic N) is 2. The molecule has 2 fully saturated rings. The Bertz CT molecular complexity index is 818. The molecule has 2 saturated heterocycles. The molecule has 2 aromatic rings. The van der Waals surface area contributed by atoms with Crippen LogP contribution in [0.15, 0.2) is 48.5 Å². The van der Waals surface area contributed by atoms with Crippen molar-refractivity contribution >= 4 is 34.4 Å². The van der Waals surface area contributed by atoms with E-state index in [2.05, 4.69) is 86.3 Å². The Morgan fingerprint density at radius 3 is 1.42 bits per heavy atom. The van der Waals surface area contributed by atoms with Gasteiger partial charge in [0.2, 0.25) is 0 Å². The van der Waals surface area contributed by atoms with Gasteiger partial charge in [0.25, 0.3) is 0 Å². The Kier molecular flexibility index (Phi) is 4.36. The zero-order chi connectivity index (χ0) is 18.6. The maximum atomic E-state index is 5.94. The van der Waals surface area contributed by atoms with E-state index < -0.39 is 0 Å². The Labute approximate surface area is 166 Å². The number of aryl methyl sites for hydroxylation is 2. The summed E-state index contributed by atoms with van der Waals surface area (Å²) in [6, 6.07) is 18.0. The van der Waals surface area contributed by atoms with Gasteiger partial charge in [0.15, 0.2) is 0 Å². The maximum absolute atomic E-state index is 5.94. The van der Waals surface area contributed by atoms with Gasteiger partial charge >= 0.3 is 0 Å². The molecule has 2 heterocycles. The third-order valence-corrected chi connectivity index (χ3v) is 7.05. The minimum absolute atomic E-state index is 0.220. The number of thiocarbonyl (C=S) groups is 2. The second-order valence-corrected chi connectivity index (χ2v) is 8.50. The number of rotatable bonds is 2. The van der Waals surface area contributed by atoms with Crippen molar-refractivity contribution in [2.24, 2.45) is 11.8 Å². The van der Waals surface area contributed by atoms with Crippen LogP contribution >= 0.6 is 24.4 Å². The molecule has 0 saturated carbocycles. The largest absolute Gasteiger partial charge is 0.361 e. The summed E-state index contributed by atoms with van der Waals surface area (Å²) in [5.74, 6) is 0.500. The molecule has 2 aromatic carbocycles. The smallest absolute Gasteiger partial charge is 0.0845 e. The first-order valence-corrected chi connectivity index (χ1v) is 9.88. The summed E-state index contributed by atoms with van der Waals surface area (Å²) in [5.41, 5.74) is 5.17. The quantitative estimate of drug-likeness (QED) is 0.686. The van der Waals surface area contributed by atoms with Crippen LogP contribution in [0.1, 0.15) is 34.3 Å². The lowest BCUT2D eigenvalue weighted by Gasteiger charge is -2.31. The minimum atomic E-state index is 0.220. The lowest BCUT2D eigenvalue weighted by molar-refractivity contribution is 0.352. The molecule has 0 N–H and O–H groups in total. The zero-order valence-corrected chi connectivity index (χ0v) is 17.3. The second-order valence-electron chi connectivity index (χ2n) is 7.67. The van der Waals surface area contributed by atoms with Crippen molar-refractivity contribution in [3.05, 3.63) is 70.8 Å². The highest BCUT2D eigenvalue weighted by Gasteiger charge is 2.56. The number of fused-ring (bicyclic) bond motifs is 1. The number of benzene rings is 2. The Morgan fingerprint density at radius 1 is 0.692 bits per heavy atom. The van der Waals surface area contributed by atoms with E-state index in [1.807, 2.05) is 0 Å². The lowest BCUT2D eigenvalue weighted by atomic mass is 9.84. The van der Waals surface area contributed by atoms with E-state index in [1.54, 1.807) is 0 Å². The number of hydrogen-bond donors (Lipinski definition) is 0. The molecule has 4 atom stereocenters. The Hall–Kier alpha value is -1.78.